The van der Waals surface area contributed by atoms with Crippen LogP contribution in [0.2, 0.25) is 0 Å². The van der Waals surface area contributed by atoms with E-state index in [4.69, 9.17) is 4.74 Å². The van der Waals surface area contributed by atoms with Gasteiger partial charge < -0.3 is 14.5 Å². The number of rotatable bonds is 2. The van der Waals surface area contributed by atoms with Crippen LogP contribution in [0.3, 0.4) is 0 Å². The van der Waals surface area contributed by atoms with Crippen LogP contribution >= 0.6 is 0 Å². The molecule has 7 heteroatoms. The van der Waals surface area contributed by atoms with E-state index in [2.05, 4.69) is 9.97 Å². The predicted molar refractivity (Wildman–Crippen MR) is 76.9 cm³/mol. The van der Waals surface area contributed by atoms with E-state index in [1.54, 1.807) is 17.3 Å². The van der Waals surface area contributed by atoms with Crippen LogP contribution in [0.15, 0.2) is 18.7 Å². The number of hydrogen-bond donors (Lipinski definition) is 0. The summed E-state index contributed by atoms with van der Waals surface area (Å²) in [5, 5.41) is 0. The molecule has 3 fully saturated rings. The molecule has 2 amide bonds. The Balaban J connectivity index is 1.45. The quantitative estimate of drug-likeness (QED) is 0.773. The Bertz CT molecular complexity index is 588. The summed E-state index contributed by atoms with van der Waals surface area (Å²) in [6.07, 6.45) is 6.20. The van der Waals surface area contributed by atoms with E-state index in [0.29, 0.717) is 26.2 Å². The number of ether oxygens (including phenoxy) is 1. The highest BCUT2D eigenvalue weighted by Gasteiger charge is 2.48. The summed E-state index contributed by atoms with van der Waals surface area (Å²) in [5.74, 6) is 0.209. The summed E-state index contributed by atoms with van der Waals surface area (Å²) >= 11 is 0. The van der Waals surface area contributed by atoms with Crippen molar-refractivity contribution in [3.63, 3.8) is 0 Å². The third-order valence-corrected chi connectivity index (χ3v) is 4.82. The minimum atomic E-state index is -0.299. The predicted octanol–water partition coefficient (Wildman–Crippen LogP) is 0.0768. The molecule has 1 aromatic rings. The van der Waals surface area contributed by atoms with Gasteiger partial charge in [0.1, 0.15) is 12.4 Å². The van der Waals surface area contributed by atoms with E-state index >= 15 is 0 Å². The SMILES string of the molecule is O=C([C@@H]1CCCO1)N1C[C@@H]2CN(c3cncnc3)C(=O)[C@@H]2C1. The van der Waals surface area contributed by atoms with Crippen LogP contribution in [0.1, 0.15) is 12.8 Å². The Morgan fingerprint density at radius 2 is 2.05 bits per heavy atom. The molecule has 0 unspecified atom stereocenters. The van der Waals surface area contributed by atoms with Crippen molar-refractivity contribution in [3.8, 4) is 0 Å². The number of fused-ring (bicyclic) bond motifs is 1. The zero-order chi connectivity index (χ0) is 15.1. The molecular weight excluding hydrogens is 284 g/mol. The Hall–Kier alpha value is -2.02. The van der Waals surface area contributed by atoms with Crippen molar-refractivity contribution in [1.82, 2.24) is 14.9 Å². The van der Waals surface area contributed by atoms with Crippen molar-refractivity contribution in [3.05, 3.63) is 18.7 Å². The van der Waals surface area contributed by atoms with Gasteiger partial charge in [0.15, 0.2) is 0 Å². The first-order valence-electron chi connectivity index (χ1n) is 7.71. The topological polar surface area (TPSA) is 75.6 Å². The maximum Gasteiger partial charge on any atom is 0.251 e. The van der Waals surface area contributed by atoms with Crippen molar-refractivity contribution >= 4 is 17.5 Å². The molecule has 3 aliphatic heterocycles. The zero-order valence-corrected chi connectivity index (χ0v) is 12.2. The second-order valence-electron chi connectivity index (χ2n) is 6.16. The van der Waals surface area contributed by atoms with Gasteiger partial charge in [0.25, 0.3) is 5.91 Å². The van der Waals surface area contributed by atoms with E-state index < -0.39 is 0 Å². The number of anilines is 1. The molecule has 3 saturated heterocycles. The smallest absolute Gasteiger partial charge is 0.251 e. The van der Waals surface area contributed by atoms with Gasteiger partial charge in [-0.1, -0.05) is 0 Å². The molecule has 1 aromatic heterocycles. The third-order valence-electron chi connectivity index (χ3n) is 4.82. The second-order valence-corrected chi connectivity index (χ2v) is 6.16. The molecule has 3 aliphatic rings. The van der Waals surface area contributed by atoms with Gasteiger partial charge in [-0.25, -0.2) is 9.97 Å². The van der Waals surface area contributed by atoms with E-state index in [1.165, 1.54) is 6.33 Å². The van der Waals surface area contributed by atoms with Gasteiger partial charge in [0.05, 0.1) is 24.0 Å². The van der Waals surface area contributed by atoms with Crippen LogP contribution in [-0.4, -0.2) is 59.0 Å². The van der Waals surface area contributed by atoms with E-state index in [-0.39, 0.29) is 29.8 Å². The molecule has 0 aromatic carbocycles. The molecular formula is C15H18N4O3. The number of carbonyl (C=O) groups excluding carboxylic acids is 2. The van der Waals surface area contributed by atoms with Crippen LogP contribution < -0.4 is 4.90 Å². The fraction of sp³-hybridized carbons (Fsp3) is 0.600. The number of aromatic nitrogens is 2. The lowest BCUT2D eigenvalue weighted by Gasteiger charge is -2.23. The minimum absolute atomic E-state index is 0.0503. The van der Waals surface area contributed by atoms with Crippen molar-refractivity contribution in [2.45, 2.75) is 18.9 Å². The number of hydrogen-bond acceptors (Lipinski definition) is 5. The Morgan fingerprint density at radius 3 is 2.73 bits per heavy atom. The number of carbonyl (C=O) groups is 2. The lowest BCUT2D eigenvalue weighted by atomic mass is 10.0. The molecule has 0 aliphatic carbocycles. The fourth-order valence-corrected chi connectivity index (χ4v) is 3.68. The number of nitrogens with zero attached hydrogens (tertiary/aromatic N) is 4. The fourth-order valence-electron chi connectivity index (χ4n) is 3.68. The molecule has 116 valence electrons. The summed E-state index contributed by atoms with van der Waals surface area (Å²) in [5.41, 5.74) is 0.735. The molecule has 0 bridgehead atoms. The molecule has 0 spiro atoms. The van der Waals surface area contributed by atoms with Gasteiger partial charge >= 0.3 is 0 Å². The molecule has 7 nitrogen and oxygen atoms in total. The molecule has 4 heterocycles. The van der Waals surface area contributed by atoms with Crippen LogP contribution in [-0.2, 0) is 14.3 Å². The highest BCUT2D eigenvalue weighted by molar-refractivity contribution is 5.98. The Kier molecular flexibility index (Phi) is 3.29. The Labute approximate surface area is 128 Å². The van der Waals surface area contributed by atoms with Gasteiger partial charge in [0, 0.05) is 32.2 Å². The lowest BCUT2D eigenvalue weighted by molar-refractivity contribution is -0.140. The van der Waals surface area contributed by atoms with Crippen LogP contribution in [0.4, 0.5) is 5.69 Å². The molecule has 0 N–H and O–H groups in total. The summed E-state index contributed by atoms with van der Waals surface area (Å²) in [6, 6.07) is 0. The average Bonchev–Trinajstić information content (AvgIpc) is 3.25. The summed E-state index contributed by atoms with van der Waals surface area (Å²) in [6.45, 7) is 2.44. The number of likely N-dealkylation sites (tertiary alicyclic amines) is 1. The van der Waals surface area contributed by atoms with E-state index in [1.807, 2.05) is 4.90 Å². The van der Waals surface area contributed by atoms with Gasteiger partial charge in [-0.3, -0.25) is 9.59 Å². The monoisotopic (exact) mass is 302 g/mol. The Morgan fingerprint density at radius 1 is 1.23 bits per heavy atom. The highest BCUT2D eigenvalue weighted by Crippen LogP contribution is 2.35. The summed E-state index contributed by atoms with van der Waals surface area (Å²) in [7, 11) is 0. The maximum atomic E-state index is 12.6. The van der Waals surface area contributed by atoms with Crippen molar-refractivity contribution < 1.29 is 14.3 Å². The molecule has 3 atom stereocenters. The van der Waals surface area contributed by atoms with Crippen molar-refractivity contribution in [2.24, 2.45) is 11.8 Å². The molecule has 0 radical (unpaired) electrons. The zero-order valence-electron chi connectivity index (χ0n) is 12.2. The first kappa shape index (κ1) is 13.6. The first-order chi connectivity index (χ1) is 10.7. The molecule has 22 heavy (non-hydrogen) atoms. The summed E-state index contributed by atoms with van der Waals surface area (Å²) in [4.78, 5) is 36.5. The van der Waals surface area contributed by atoms with Crippen molar-refractivity contribution in [2.75, 3.05) is 31.1 Å². The third kappa shape index (κ3) is 2.16. The van der Waals surface area contributed by atoms with E-state index in [9.17, 15) is 9.59 Å². The van der Waals surface area contributed by atoms with Gasteiger partial charge in [-0.2, -0.15) is 0 Å². The van der Waals surface area contributed by atoms with Crippen LogP contribution in [0, 0.1) is 11.8 Å². The first-order valence-corrected chi connectivity index (χ1v) is 7.71. The van der Waals surface area contributed by atoms with E-state index in [0.717, 1.165) is 18.5 Å². The standard InChI is InChI=1S/C15H18N4O3/c20-14-12-8-18(15(21)13-2-1-3-22-13)6-10(12)7-19(14)11-4-16-9-17-5-11/h4-5,9-10,12-13H,1-3,6-8H2/t10-,12-,13+/m1/s1. The molecule has 4 rings (SSSR count). The van der Waals surface area contributed by atoms with Crippen LogP contribution in [0.5, 0.6) is 0 Å². The lowest BCUT2D eigenvalue weighted by Crippen LogP contribution is -2.40. The van der Waals surface area contributed by atoms with Crippen LogP contribution in [0.25, 0.3) is 0 Å². The second kappa shape index (κ2) is 5.31. The van der Waals surface area contributed by atoms with Crippen molar-refractivity contribution in [1.29, 1.82) is 0 Å². The highest BCUT2D eigenvalue weighted by atomic mass is 16.5. The van der Waals surface area contributed by atoms with Gasteiger partial charge in [0.2, 0.25) is 5.91 Å². The molecule has 0 saturated carbocycles. The minimum Gasteiger partial charge on any atom is -0.368 e. The summed E-state index contributed by atoms with van der Waals surface area (Å²) < 4.78 is 5.46. The number of amides is 2. The average molecular weight is 302 g/mol. The normalized spacial score (nSPS) is 30.9. The largest absolute Gasteiger partial charge is 0.368 e. The maximum absolute atomic E-state index is 12.6. The van der Waals surface area contributed by atoms with Gasteiger partial charge in [-0.15, -0.1) is 0 Å². The van der Waals surface area contributed by atoms with Gasteiger partial charge in [-0.05, 0) is 12.8 Å².